The molecule has 0 N–H and O–H groups in total. The van der Waals surface area contributed by atoms with Crippen molar-refractivity contribution >= 4 is 0 Å². The van der Waals surface area contributed by atoms with E-state index >= 15 is 0 Å². The molecule has 0 aromatic carbocycles. The molecule has 0 aliphatic heterocycles. The summed E-state index contributed by atoms with van der Waals surface area (Å²) in [6.45, 7) is 0. The van der Waals surface area contributed by atoms with E-state index < -0.39 is 0 Å². The second-order valence-corrected chi connectivity index (χ2v) is 2.99. The minimum atomic E-state index is 1.08. The third-order valence-corrected chi connectivity index (χ3v) is 1.88. The van der Waals surface area contributed by atoms with Crippen molar-refractivity contribution in [2.75, 3.05) is 0 Å². The molecule has 65 valence electrons. The normalized spacial score (nSPS) is 28.0. The molecule has 12 heavy (non-hydrogen) atoms. The molecule has 0 aromatic heterocycles. The minimum absolute atomic E-state index is 1.08. The van der Waals surface area contributed by atoms with Gasteiger partial charge in [-0.05, 0) is 38.5 Å². The SMILES string of the molecule is [CH]1C/C=C\C/C=C/C/C=C/CC1. The van der Waals surface area contributed by atoms with E-state index in [9.17, 15) is 0 Å². The van der Waals surface area contributed by atoms with Crippen molar-refractivity contribution in [3.8, 4) is 0 Å². The lowest BCUT2D eigenvalue weighted by Gasteiger charge is -1.93. The van der Waals surface area contributed by atoms with E-state index in [4.69, 9.17) is 0 Å². The van der Waals surface area contributed by atoms with Crippen LogP contribution in [0.4, 0.5) is 0 Å². The zero-order valence-electron chi connectivity index (χ0n) is 7.58. The largest absolute Gasteiger partial charge is 0.0882 e. The zero-order valence-corrected chi connectivity index (χ0v) is 7.58. The molecule has 0 amide bonds. The van der Waals surface area contributed by atoms with Crippen molar-refractivity contribution in [3.05, 3.63) is 42.9 Å². The summed E-state index contributed by atoms with van der Waals surface area (Å²) in [6.07, 6.45) is 21.5. The molecule has 0 atom stereocenters. The fourth-order valence-electron chi connectivity index (χ4n) is 1.18. The Labute approximate surface area is 75.7 Å². The first-order valence-corrected chi connectivity index (χ1v) is 4.77. The number of allylic oxidation sites excluding steroid dienone is 6. The molecule has 0 aromatic rings. The van der Waals surface area contributed by atoms with E-state index in [0.717, 1.165) is 19.3 Å². The van der Waals surface area contributed by atoms with Gasteiger partial charge < -0.3 is 0 Å². The molecule has 0 heterocycles. The topological polar surface area (TPSA) is 0 Å². The third-order valence-electron chi connectivity index (χ3n) is 1.88. The number of hydrogen-bond donors (Lipinski definition) is 0. The summed E-state index contributed by atoms with van der Waals surface area (Å²) in [5.41, 5.74) is 0. The van der Waals surface area contributed by atoms with E-state index in [1.54, 1.807) is 0 Å². The summed E-state index contributed by atoms with van der Waals surface area (Å²) < 4.78 is 0. The monoisotopic (exact) mass is 161 g/mol. The van der Waals surface area contributed by atoms with Crippen molar-refractivity contribution in [1.29, 1.82) is 0 Å². The van der Waals surface area contributed by atoms with Gasteiger partial charge in [-0.1, -0.05) is 36.5 Å². The molecule has 1 aliphatic carbocycles. The molecule has 0 bridgehead atoms. The highest BCUT2D eigenvalue weighted by molar-refractivity contribution is 4.99. The lowest BCUT2D eigenvalue weighted by Crippen LogP contribution is -1.75. The van der Waals surface area contributed by atoms with Crippen LogP contribution in [0.3, 0.4) is 0 Å². The highest BCUT2D eigenvalue weighted by atomic mass is 13.9. The number of rotatable bonds is 0. The first-order chi connectivity index (χ1) is 6.00. The fourth-order valence-corrected chi connectivity index (χ4v) is 1.18. The Hall–Kier alpha value is -0.780. The van der Waals surface area contributed by atoms with Crippen LogP contribution in [0, 0.1) is 6.42 Å². The molecule has 0 saturated heterocycles. The second-order valence-electron chi connectivity index (χ2n) is 2.99. The number of hydrogen-bond acceptors (Lipinski definition) is 0. The lowest BCUT2D eigenvalue weighted by molar-refractivity contribution is 0.928. The van der Waals surface area contributed by atoms with E-state index in [-0.39, 0.29) is 0 Å². The molecule has 0 fully saturated rings. The van der Waals surface area contributed by atoms with Crippen LogP contribution >= 0.6 is 0 Å². The summed E-state index contributed by atoms with van der Waals surface area (Å²) in [5.74, 6) is 0. The Kier molecular flexibility index (Phi) is 5.35. The van der Waals surface area contributed by atoms with E-state index in [1.165, 1.54) is 12.8 Å². The van der Waals surface area contributed by atoms with Gasteiger partial charge in [0.1, 0.15) is 0 Å². The van der Waals surface area contributed by atoms with Gasteiger partial charge in [0.05, 0.1) is 0 Å². The predicted octanol–water partition coefficient (Wildman–Crippen LogP) is 3.82. The highest BCUT2D eigenvalue weighted by Crippen LogP contribution is 2.03. The van der Waals surface area contributed by atoms with Crippen LogP contribution in [-0.2, 0) is 0 Å². The van der Waals surface area contributed by atoms with E-state index in [1.807, 2.05) is 0 Å². The molecule has 0 unspecified atom stereocenters. The summed E-state index contributed by atoms with van der Waals surface area (Å²) in [6, 6.07) is 0. The molecule has 1 rings (SSSR count). The smallest absolute Gasteiger partial charge is 0.0169 e. The molecular formula is C12H17. The molecule has 0 saturated carbocycles. The van der Waals surface area contributed by atoms with Gasteiger partial charge in [-0.15, -0.1) is 0 Å². The molecule has 1 radical (unpaired) electrons. The summed E-state index contributed by atoms with van der Waals surface area (Å²) in [7, 11) is 0. The Bertz CT molecular complexity index is 152. The van der Waals surface area contributed by atoms with Gasteiger partial charge in [0.2, 0.25) is 0 Å². The van der Waals surface area contributed by atoms with Gasteiger partial charge in [0, 0.05) is 0 Å². The average molecular weight is 161 g/mol. The standard InChI is InChI=1S/C12H17/c1-2-4-6-8-10-12-11-9-7-5-3-1/h1-2,5-8,11H,3-4,9-10,12H2/b2-1+,7-5-,8-6+. The fraction of sp³-hybridized carbons (Fsp3) is 0.417. The van der Waals surface area contributed by atoms with Gasteiger partial charge in [-0.2, -0.15) is 0 Å². The lowest BCUT2D eigenvalue weighted by atomic mass is 10.1. The van der Waals surface area contributed by atoms with Crippen LogP contribution in [0.5, 0.6) is 0 Å². The van der Waals surface area contributed by atoms with Crippen molar-refractivity contribution < 1.29 is 0 Å². The van der Waals surface area contributed by atoms with Gasteiger partial charge in [-0.25, -0.2) is 0 Å². The van der Waals surface area contributed by atoms with Crippen molar-refractivity contribution in [2.45, 2.75) is 32.1 Å². The van der Waals surface area contributed by atoms with Gasteiger partial charge in [0.25, 0.3) is 0 Å². The average Bonchev–Trinajstić information content (AvgIpc) is 2.05. The van der Waals surface area contributed by atoms with Crippen molar-refractivity contribution in [1.82, 2.24) is 0 Å². The Morgan fingerprint density at radius 1 is 0.500 bits per heavy atom. The minimum Gasteiger partial charge on any atom is -0.0882 e. The Balaban J connectivity index is 2.31. The predicted molar refractivity (Wildman–Crippen MR) is 54.8 cm³/mol. The maximum atomic E-state index is 2.34. The molecular weight excluding hydrogens is 144 g/mol. The maximum Gasteiger partial charge on any atom is -0.0169 e. The first kappa shape index (κ1) is 9.31. The maximum absolute atomic E-state index is 2.34. The second kappa shape index (κ2) is 6.90. The van der Waals surface area contributed by atoms with Gasteiger partial charge in [-0.3, -0.25) is 0 Å². The van der Waals surface area contributed by atoms with Crippen molar-refractivity contribution in [3.63, 3.8) is 0 Å². The summed E-state index contributed by atoms with van der Waals surface area (Å²) >= 11 is 0. The van der Waals surface area contributed by atoms with Gasteiger partial charge in [0.15, 0.2) is 0 Å². The molecule has 0 nitrogen and oxygen atoms in total. The van der Waals surface area contributed by atoms with E-state index in [0.29, 0.717) is 0 Å². The third kappa shape index (κ3) is 4.95. The molecule has 0 spiro atoms. The zero-order chi connectivity index (χ0) is 8.49. The molecule has 0 heteroatoms. The van der Waals surface area contributed by atoms with Crippen molar-refractivity contribution in [2.24, 2.45) is 0 Å². The van der Waals surface area contributed by atoms with Crippen LogP contribution in [0.1, 0.15) is 32.1 Å². The van der Waals surface area contributed by atoms with E-state index in [2.05, 4.69) is 42.9 Å². The van der Waals surface area contributed by atoms with Gasteiger partial charge >= 0.3 is 0 Å². The van der Waals surface area contributed by atoms with Crippen LogP contribution in [-0.4, -0.2) is 0 Å². The van der Waals surface area contributed by atoms with Crippen LogP contribution in [0.15, 0.2) is 36.5 Å². The Morgan fingerprint density at radius 2 is 1.08 bits per heavy atom. The summed E-state index contributed by atoms with van der Waals surface area (Å²) in [4.78, 5) is 0. The quantitative estimate of drug-likeness (QED) is 0.474. The Morgan fingerprint density at radius 3 is 1.83 bits per heavy atom. The van der Waals surface area contributed by atoms with Crippen LogP contribution in [0.2, 0.25) is 0 Å². The van der Waals surface area contributed by atoms with Crippen LogP contribution in [0.25, 0.3) is 0 Å². The molecule has 1 aliphatic rings. The summed E-state index contributed by atoms with van der Waals surface area (Å²) in [5, 5.41) is 0. The van der Waals surface area contributed by atoms with Crippen LogP contribution < -0.4 is 0 Å². The first-order valence-electron chi connectivity index (χ1n) is 4.77. The highest BCUT2D eigenvalue weighted by Gasteiger charge is 1.84.